The van der Waals surface area contributed by atoms with Crippen LogP contribution in [0.15, 0.2) is 0 Å². The number of nitrogens with two attached hydrogens (primary N) is 1. The largest absolute Gasteiger partial charge is 0.343 e. The van der Waals surface area contributed by atoms with Crippen LogP contribution in [-0.2, 0) is 4.79 Å². The Hall–Kier alpha value is -0.570. The van der Waals surface area contributed by atoms with Gasteiger partial charge in [0.2, 0.25) is 5.91 Å². The quantitative estimate of drug-likeness (QED) is 0.792. The van der Waals surface area contributed by atoms with Crippen molar-refractivity contribution in [3.8, 4) is 0 Å². The molecule has 1 fully saturated rings. The van der Waals surface area contributed by atoms with Crippen LogP contribution in [-0.4, -0.2) is 30.4 Å². The fourth-order valence-corrected chi connectivity index (χ4v) is 3.04. The Balaban J connectivity index is 2.59. The minimum atomic E-state index is 0.0970. The van der Waals surface area contributed by atoms with Crippen LogP contribution in [0, 0.1) is 11.3 Å². The first kappa shape index (κ1) is 15.5. The van der Waals surface area contributed by atoms with Crippen LogP contribution in [0.3, 0.4) is 0 Å². The first-order valence-corrected chi connectivity index (χ1v) is 7.51. The number of nitrogens with zero attached hydrogens (tertiary/aromatic N) is 1. The second-order valence-corrected chi connectivity index (χ2v) is 6.27. The normalized spacial score (nSPS) is 18.9. The minimum absolute atomic E-state index is 0.0970. The molecule has 2 N–H and O–H groups in total. The van der Waals surface area contributed by atoms with Crippen LogP contribution < -0.4 is 5.73 Å². The van der Waals surface area contributed by atoms with Crippen molar-refractivity contribution in [1.82, 2.24) is 4.90 Å². The van der Waals surface area contributed by atoms with Crippen LogP contribution >= 0.6 is 0 Å². The highest BCUT2D eigenvalue weighted by atomic mass is 16.2. The van der Waals surface area contributed by atoms with Gasteiger partial charge in [-0.25, -0.2) is 0 Å². The van der Waals surface area contributed by atoms with Crippen LogP contribution in [0.2, 0.25) is 0 Å². The predicted octanol–water partition coefficient (Wildman–Crippen LogP) is 2.79. The fourth-order valence-electron chi connectivity index (χ4n) is 3.04. The molecule has 0 atom stereocenters. The molecule has 0 heterocycles. The Labute approximate surface area is 112 Å². The molecule has 3 heteroatoms. The maximum Gasteiger partial charge on any atom is 0.223 e. The van der Waals surface area contributed by atoms with Crippen molar-refractivity contribution in [1.29, 1.82) is 0 Å². The smallest absolute Gasteiger partial charge is 0.223 e. The second kappa shape index (κ2) is 7.13. The van der Waals surface area contributed by atoms with Gasteiger partial charge in [-0.1, -0.05) is 33.1 Å². The van der Waals surface area contributed by atoms with E-state index in [2.05, 4.69) is 20.8 Å². The van der Waals surface area contributed by atoms with Gasteiger partial charge in [0.15, 0.2) is 0 Å². The van der Waals surface area contributed by atoms with Crippen LogP contribution in [0.5, 0.6) is 0 Å². The van der Waals surface area contributed by atoms with Gasteiger partial charge in [0.1, 0.15) is 0 Å². The molecule has 1 saturated carbocycles. The van der Waals surface area contributed by atoms with Crippen molar-refractivity contribution in [2.75, 3.05) is 19.6 Å². The van der Waals surface area contributed by atoms with Gasteiger partial charge in [-0.3, -0.25) is 4.79 Å². The summed E-state index contributed by atoms with van der Waals surface area (Å²) in [5.74, 6) is 0.840. The molecule has 18 heavy (non-hydrogen) atoms. The molecule has 1 rings (SSSR count). The summed E-state index contributed by atoms with van der Waals surface area (Å²) in [5, 5.41) is 0. The van der Waals surface area contributed by atoms with Gasteiger partial charge in [-0.2, -0.15) is 0 Å². The average molecular weight is 254 g/mol. The lowest BCUT2D eigenvalue weighted by Gasteiger charge is -2.37. The van der Waals surface area contributed by atoms with Gasteiger partial charge in [0.05, 0.1) is 0 Å². The zero-order valence-corrected chi connectivity index (χ0v) is 12.4. The summed E-state index contributed by atoms with van der Waals surface area (Å²) >= 11 is 0. The second-order valence-electron chi connectivity index (χ2n) is 6.27. The van der Waals surface area contributed by atoms with Gasteiger partial charge < -0.3 is 10.6 Å². The maximum absolute atomic E-state index is 12.4. The summed E-state index contributed by atoms with van der Waals surface area (Å²) in [4.78, 5) is 14.4. The number of carbonyl (C=O) groups is 1. The van der Waals surface area contributed by atoms with Crippen LogP contribution in [0.25, 0.3) is 0 Å². The van der Waals surface area contributed by atoms with Crippen LogP contribution in [0.1, 0.15) is 59.3 Å². The standard InChI is InChI=1S/C15H30N2O/c1-4-17(11-13(2)3)14(18)10-15(12-16)8-6-5-7-9-15/h13H,4-12,16H2,1-3H3. The molecule has 1 aliphatic rings. The average Bonchev–Trinajstić information content (AvgIpc) is 2.36. The molecule has 0 spiro atoms. The van der Waals surface area contributed by atoms with Crippen molar-refractivity contribution >= 4 is 5.91 Å². The summed E-state index contributed by atoms with van der Waals surface area (Å²) in [6, 6.07) is 0. The van der Waals surface area contributed by atoms with E-state index in [0.29, 0.717) is 24.8 Å². The molecule has 0 bridgehead atoms. The molecule has 106 valence electrons. The molecule has 0 radical (unpaired) electrons. The predicted molar refractivity (Wildman–Crippen MR) is 76.3 cm³/mol. The van der Waals surface area contributed by atoms with E-state index in [1.165, 1.54) is 19.3 Å². The summed E-state index contributed by atoms with van der Waals surface area (Å²) in [6.45, 7) is 8.74. The molecular weight excluding hydrogens is 224 g/mol. The van der Waals surface area contributed by atoms with E-state index in [4.69, 9.17) is 5.73 Å². The van der Waals surface area contributed by atoms with E-state index in [9.17, 15) is 4.79 Å². The molecule has 1 amide bonds. The van der Waals surface area contributed by atoms with E-state index in [0.717, 1.165) is 25.9 Å². The Morgan fingerprint density at radius 3 is 2.33 bits per heavy atom. The third-order valence-corrected chi connectivity index (χ3v) is 4.19. The number of carbonyl (C=O) groups excluding carboxylic acids is 1. The van der Waals surface area contributed by atoms with Gasteiger partial charge in [-0.15, -0.1) is 0 Å². The van der Waals surface area contributed by atoms with Crippen molar-refractivity contribution in [3.05, 3.63) is 0 Å². The Morgan fingerprint density at radius 1 is 1.28 bits per heavy atom. The lowest BCUT2D eigenvalue weighted by molar-refractivity contribution is -0.134. The Bertz CT molecular complexity index is 257. The van der Waals surface area contributed by atoms with Gasteiger partial charge in [0.25, 0.3) is 0 Å². The van der Waals surface area contributed by atoms with Crippen molar-refractivity contribution in [2.45, 2.75) is 59.3 Å². The molecule has 0 aliphatic heterocycles. The van der Waals surface area contributed by atoms with E-state index in [-0.39, 0.29) is 5.41 Å². The third-order valence-electron chi connectivity index (χ3n) is 4.19. The number of amides is 1. The first-order chi connectivity index (χ1) is 8.53. The summed E-state index contributed by atoms with van der Waals surface area (Å²) < 4.78 is 0. The maximum atomic E-state index is 12.4. The number of hydrogen-bond donors (Lipinski definition) is 1. The molecule has 0 unspecified atom stereocenters. The molecule has 0 saturated heterocycles. The van der Waals surface area contributed by atoms with E-state index < -0.39 is 0 Å². The highest BCUT2D eigenvalue weighted by molar-refractivity contribution is 5.77. The Morgan fingerprint density at radius 2 is 1.89 bits per heavy atom. The monoisotopic (exact) mass is 254 g/mol. The van der Waals surface area contributed by atoms with Crippen molar-refractivity contribution < 1.29 is 4.79 Å². The summed E-state index contributed by atoms with van der Waals surface area (Å²) in [6.07, 6.45) is 6.70. The van der Waals surface area contributed by atoms with E-state index in [1.54, 1.807) is 0 Å². The molecule has 0 aromatic carbocycles. The number of rotatable bonds is 6. The minimum Gasteiger partial charge on any atom is -0.343 e. The Kier molecular flexibility index (Phi) is 6.13. The van der Waals surface area contributed by atoms with Gasteiger partial charge in [-0.05, 0) is 37.6 Å². The molecule has 1 aliphatic carbocycles. The highest BCUT2D eigenvalue weighted by Gasteiger charge is 2.34. The van der Waals surface area contributed by atoms with Crippen molar-refractivity contribution in [2.24, 2.45) is 17.1 Å². The van der Waals surface area contributed by atoms with Gasteiger partial charge >= 0.3 is 0 Å². The molecule has 3 nitrogen and oxygen atoms in total. The lowest BCUT2D eigenvalue weighted by atomic mass is 9.71. The first-order valence-electron chi connectivity index (χ1n) is 7.51. The fraction of sp³-hybridized carbons (Fsp3) is 0.933. The highest BCUT2D eigenvalue weighted by Crippen LogP contribution is 2.38. The topological polar surface area (TPSA) is 46.3 Å². The lowest BCUT2D eigenvalue weighted by Crippen LogP contribution is -2.41. The van der Waals surface area contributed by atoms with E-state index >= 15 is 0 Å². The summed E-state index contributed by atoms with van der Waals surface area (Å²) in [7, 11) is 0. The molecular formula is C15H30N2O. The van der Waals surface area contributed by atoms with Crippen LogP contribution in [0.4, 0.5) is 0 Å². The molecule has 0 aromatic rings. The zero-order chi connectivity index (χ0) is 13.6. The molecule has 0 aromatic heterocycles. The third kappa shape index (κ3) is 4.27. The summed E-state index contributed by atoms with van der Waals surface area (Å²) in [5.41, 5.74) is 6.06. The van der Waals surface area contributed by atoms with Gasteiger partial charge in [0, 0.05) is 19.5 Å². The van der Waals surface area contributed by atoms with E-state index in [1.807, 2.05) is 4.90 Å². The SMILES string of the molecule is CCN(CC(C)C)C(=O)CC1(CN)CCCCC1. The zero-order valence-electron chi connectivity index (χ0n) is 12.4. The number of hydrogen-bond acceptors (Lipinski definition) is 2. The van der Waals surface area contributed by atoms with Crippen molar-refractivity contribution in [3.63, 3.8) is 0 Å².